The Kier molecular flexibility index (Phi) is 44.8. The van der Waals surface area contributed by atoms with Crippen LogP contribution in [0, 0.1) is 0 Å². The maximum atomic E-state index is 8.39. The quantitative estimate of drug-likeness (QED) is 0.223. The summed E-state index contributed by atoms with van der Waals surface area (Å²) in [5.74, 6) is 0. The molecule has 0 aromatic carbocycles. The standard InChI is InChI=1S/C9H21N.C8H20N.C6H15N.C5H14NO.C4H12N.H3N/c1-4-7-10(8-5-2)9-6-3;1-5-9(6-2,7-3)8-4;1-4-7(5-2)6-3;1-6(2,3)4-5-7;1-5(2,3)4;/h4-9H2,1-3H3;5-8H2,1-4H3;4-6H2,1-3H3;7H,4-5H2,1-3H3;1-4H3;1H3/q;+1;;2*+1;/p+4. The van der Waals surface area contributed by atoms with Crippen molar-refractivity contribution in [2.24, 2.45) is 0 Å². The summed E-state index contributed by atoms with van der Waals surface area (Å²) in [5, 5.41) is 8.39. The first-order valence-electron chi connectivity index (χ1n) is 16.2. The van der Waals surface area contributed by atoms with E-state index in [9.17, 15) is 0 Å². The Morgan fingerprint density at radius 3 is 0.821 bits per heavy atom. The highest BCUT2D eigenvalue weighted by molar-refractivity contribution is 4.31. The number of aliphatic hydroxyl groups is 1. The number of aliphatic hydroxyl groups excluding tert-OH is 1. The number of hydrogen-bond donors (Lipinski definition) is 4. The molecule has 7 nitrogen and oxygen atoms in total. The molecule has 0 atom stereocenters. The summed E-state index contributed by atoms with van der Waals surface area (Å²) in [6, 6.07) is 0. The summed E-state index contributed by atoms with van der Waals surface area (Å²) in [5.41, 5.74) is 0. The third-order valence-electron chi connectivity index (χ3n) is 6.76. The lowest BCUT2D eigenvalue weighted by Crippen LogP contribution is -3.11. The molecule has 0 fully saturated rings. The lowest BCUT2D eigenvalue weighted by molar-refractivity contribution is -0.921. The fourth-order valence-electron chi connectivity index (χ4n) is 3.83. The SMILES string of the molecule is CCC[NH+](CCC)CCC.CC[N+](CC)(CC)CC.CC[NH+](CC)CC.C[N+](C)(C)C.C[N+](C)(C)CCO.[H+].[NH4+]. The molecular formula is C32H89N6O+7. The average Bonchev–Trinajstić information content (AvgIpc) is 2.82. The molecule has 0 saturated heterocycles. The third kappa shape index (κ3) is 51.0. The Labute approximate surface area is 252 Å². The van der Waals surface area contributed by atoms with Crippen molar-refractivity contribution in [2.45, 2.75) is 88.5 Å². The lowest BCUT2D eigenvalue weighted by Gasteiger charge is -2.34. The van der Waals surface area contributed by atoms with Gasteiger partial charge in [0.1, 0.15) is 6.54 Å². The molecule has 7 heteroatoms. The van der Waals surface area contributed by atoms with Gasteiger partial charge in [-0.25, -0.2) is 0 Å². The highest BCUT2D eigenvalue weighted by atomic mass is 16.3. The van der Waals surface area contributed by atoms with Crippen LogP contribution >= 0.6 is 0 Å². The van der Waals surface area contributed by atoms with Crippen LogP contribution in [0.2, 0.25) is 0 Å². The molecule has 0 radical (unpaired) electrons. The van der Waals surface area contributed by atoms with E-state index in [1.54, 1.807) is 9.80 Å². The van der Waals surface area contributed by atoms with Crippen molar-refractivity contribution < 1.29 is 29.8 Å². The second-order valence-corrected chi connectivity index (χ2v) is 12.8. The van der Waals surface area contributed by atoms with Gasteiger partial charge in [0.2, 0.25) is 0 Å². The van der Waals surface area contributed by atoms with Gasteiger partial charge in [0.15, 0.2) is 0 Å². The predicted molar refractivity (Wildman–Crippen MR) is 182 cm³/mol. The van der Waals surface area contributed by atoms with E-state index in [1.807, 2.05) is 0 Å². The van der Waals surface area contributed by atoms with Gasteiger partial charge in [-0.15, -0.1) is 0 Å². The Balaban J connectivity index is -0.0000000684. The van der Waals surface area contributed by atoms with E-state index in [2.05, 4.69) is 119 Å². The fraction of sp³-hybridized carbons (Fsp3) is 1.00. The lowest BCUT2D eigenvalue weighted by atomic mass is 10.3. The van der Waals surface area contributed by atoms with E-state index in [1.165, 1.54) is 89.2 Å². The number of quaternary nitrogens is 6. The van der Waals surface area contributed by atoms with E-state index in [0.717, 1.165) is 15.5 Å². The molecule has 0 aromatic heterocycles. The summed E-state index contributed by atoms with van der Waals surface area (Å²) in [6.45, 7) is 36.7. The van der Waals surface area contributed by atoms with Crippen LogP contribution in [0.25, 0.3) is 0 Å². The molecule has 0 aliphatic rings. The monoisotopic (exact) mass is 574 g/mol. The smallest absolute Gasteiger partial charge is 0.391 e. The number of hydrogen-bond acceptors (Lipinski definition) is 1. The highest BCUT2D eigenvalue weighted by Gasteiger charge is 2.16. The topological polar surface area (TPSA) is 65.6 Å². The normalized spacial score (nSPS) is 11.1. The van der Waals surface area contributed by atoms with Gasteiger partial charge in [-0.05, 0) is 67.7 Å². The van der Waals surface area contributed by atoms with E-state index < -0.39 is 0 Å². The first-order valence-corrected chi connectivity index (χ1v) is 16.2. The van der Waals surface area contributed by atoms with Crippen molar-refractivity contribution in [1.29, 1.82) is 0 Å². The summed E-state index contributed by atoms with van der Waals surface area (Å²) in [6.07, 6.45) is 3.99. The van der Waals surface area contributed by atoms with E-state index in [4.69, 9.17) is 5.11 Å². The minimum Gasteiger partial charge on any atom is -0.391 e. The number of rotatable bonds is 15. The second-order valence-electron chi connectivity index (χ2n) is 12.8. The fourth-order valence-corrected chi connectivity index (χ4v) is 3.83. The van der Waals surface area contributed by atoms with Crippen LogP contribution in [0.15, 0.2) is 0 Å². The first-order chi connectivity index (χ1) is 17.5. The maximum absolute atomic E-state index is 8.39. The maximum Gasteiger partial charge on any atom is 1.00 e. The van der Waals surface area contributed by atoms with Gasteiger partial charge in [-0.2, -0.15) is 0 Å². The summed E-state index contributed by atoms with van der Waals surface area (Å²) in [7, 11) is 14.7. The van der Waals surface area contributed by atoms with Crippen LogP contribution in [0.5, 0.6) is 0 Å². The molecule has 7 N–H and O–H groups in total. The van der Waals surface area contributed by atoms with Gasteiger partial charge in [0.25, 0.3) is 0 Å². The second kappa shape index (κ2) is 33.9. The molecular weight excluding hydrogens is 484 g/mol. The van der Waals surface area contributed by atoms with Gasteiger partial charge in [0, 0.05) is 0 Å². The molecule has 0 aliphatic carbocycles. The molecule has 0 rings (SSSR count). The molecule has 39 heavy (non-hydrogen) atoms. The Bertz CT molecular complexity index is 377. The van der Waals surface area contributed by atoms with Crippen LogP contribution in [0.4, 0.5) is 0 Å². The molecule has 0 heterocycles. The molecule has 0 bridgehead atoms. The van der Waals surface area contributed by atoms with E-state index in [-0.39, 0.29) is 14.2 Å². The average molecular weight is 574 g/mol. The minimum atomic E-state index is 0. The first kappa shape index (κ1) is 51.5. The number of nitrogens with zero attached hydrogens (tertiary/aromatic N) is 3. The van der Waals surface area contributed by atoms with Gasteiger partial charge in [-0.1, -0.05) is 20.8 Å². The van der Waals surface area contributed by atoms with Crippen LogP contribution in [0.3, 0.4) is 0 Å². The van der Waals surface area contributed by atoms with E-state index in [0.29, 0.717) is 0 Å². The van der Waals surface area contributed by atoms with Crippen molar-refractivity contribution in [2.75, 3.05) is 128 Å². The zero-order valence-electron chi connectivity index (χ0n) is 32.4. The Hall–Kier alpha value is -0.280. The van der Waals surface area contributed by atoms with Crippen LogP contribution < -0.4 is 16.0 Å². The van der Waals surface area contributed by atoms with Crippen LogP contribution in [-0.4, -0.2) is 146 Å². The molecule has 246 valence electrons. The largest absolute Gasteiger partial charge is 1.00 e. The van der Waals surface area contributed by atoms with Gasteiger partial charge in [0.05, 0.1) is 121 Å². The number of nitrogens with one attached hydrogen (secondary N) is 2. The summed E-state index contributed by atoms with van der Waals surface area (Å²) < 4.78 is 3.12. The molecule has 0 aromatic rings. The Morgan fingerprint density at radius 2 is 0.769 bits per heavy atom. The van der Waals surface area contributed by atoms with Gasteiger partial charge < -0.3 is 34.5 Å². The third-order valence-corrected chi connectivity index (χ3v) is 6.76. The van der Waals surface area contributed by atoms with Crippen molar-refractivity contribution in [3.63, 3.8) is 0 Å². The van der Waals surface area contributed by atoms with Gasteiger partial charge >= 0.3 is 1.43 Å². The van der Waals surface area contributed by atoms with Crippen molar-refractivity contribution >= 4 is 0 Å². The molecule has 0 unspecified atom stereocenters. The number of likely N-dealkylation sites (N-methyl/N-ethyl adjacent to an activating group) is 1. The van der Waals surface area contributed by atoms with Crippen molar-refractivity contribution in [1.82, 2.24) is 6.15 Å². The zero-order valence-corrected chi connectivity index (χ0v) is 31.4. The molecule has 0 spiro atoms. The highest BCUT2D eigenvalue weighted by Crippen LogP contribution is 2.03. The van der Waals surface area contributed by atoms with E-state index >= 15 is 0 Å². The Morgan fingerprint density at radius 1 is 0.513 bits per heavy atom. The van der Waals surface area contributed by atoms with Gasteiger partial charge in [-0.3, -0.25) is 0 Å². The molecule has 0 amide bonds. The summed E-state index contributed by atoms with van der Waals surface area (Å²) in [4.78, 5) is 3.47. The molecule has 0 aliphatic heterocycles. The molecule has 0 saturated carbocycles. The minimum absolute atomic E-state index is 0. The van der Waals surface area contributed by atoms with Crippen LogP contribution in [-0.2, 0) is 0 Å². The zero-order chi connectivity index (χ0) is 31.3. The van der Waals surface area contributed by atoms with Crippen molar-refractivity contribution in [3.05, 3.63) is 0 Å². The van der Waals surface area contributed by atoms with Crippen LogP contribution in [0.1, 0.15) is 89.9 Å². The summed E-state index contributed by atoms with van der Waals surface area (Å²) >= 11 is 0. The predicted octanol–water partition coefficient (Wildman–Crippen LogP) is 3.41. The van der Waals surface area contributed by atoms with Crippen molar-refractivity contribution in [3.8, 4) is 0 Å².